The molecule has 0 unspecified atom stereocenters. The maximum atomic E-state index is 12.0. The van der Waals surface area contributed by atoms with Gasteiger partial charge in [0, 0.05) is 13.0 Å². The van der Waals surface area contributed by atoms with E-state index in [0.29, 0.717) is 31.0 Å². The van der Waals surface area contributed by atoms with E-state index >= 15 is 0 Å². The van der Waals surface area contributed by atoms with E-state index in [1.54, 1.807) is 17.0 Å². The molecule has 0 radical (unpaired) electrons. The highest BCUT2D eigenvalue weighted by Gasteiger charge is 2.26. The van der Waals surface area contributed by atoms with Crippen LogP contribution in [0.25, 0.3) is 0 Å². The second-order valence-corrected chi connectivity index (χ2v) is 3.88. The summed E-state index contributed by atoms with van der Waals surface area (Å²) in [5.74, 6) is 0.852. The molecular weight excluding hydrogens is 222 g/mol. The number of hydrogen-bond acceptors (Lipinski definition) is 5. The molecular formula is C11H11N3O3. The molecule has 17 heavy (non-hydrogen) atoms. The fourth-order valence-corrected chi connectivity index (χ4v) is 1.94. The van der Waals surface area contributed by atoms with Crippen molar-refractivity contribution in [1.29, 1.82) is 0 Å². The molecule has 2 N–H and O–H groups in total. The molecule has 0 atom stereocenters. The van der Waals surface area contributed by atoms with Crippen LogP contribution in [0, 0.1) is 0 Å². The molecule has 0 aromatic carbocycles. The van der Waals surface area contributed by atoms with E-state index in [9.17, 15) is 4.79 Å². The largest absolute Gasteiger partial charge is 0.459 e. The van der Waals surface area contributed by atoms with E-state index < -0.39 is 0 Å². The molecule has 1 aliphatic rings. The van der Waals surface area contributed by atoms with E-state index in [-0.39, 0.29) is 11.9 Å². The van der Waals surface area contributed by atoms with E-state index in [4.69, 9.17) is 14.6 Å². The predicted molar refractivity (Wildman–Crippen MR) is 58.1 cm³/mol. The number of nitrogens with zero attached hydrogens (tertiary/aromatic N) is 2. The van der Waals surface area contributed by atoms with E-state index in [2.05, 4.69) is 4.98 Å². The van der Waals surface area contributed by atoms with E-state index in [1.165, 1.54) is 6.26 Å². The number of rotatable bonds is 1. The molecule has 6 nitrogen and oxygen atoms in total. The SMILES string of the molecule is Nc1nc2c(o1)CN(C(=O)c1ccco1)CC2. The zero-order chi connectivity index (χ0) is 11.8. The van der Waals surface area contributed by atoms with Gasteiger partial charge in [0.2, 0.25) is 0 Å². The maximum absolute atomic E-state index is 12.0. The number of fused-ring (bicyclic) bond motifs is 1. The smallest absolute Gasteiger partial charge is 0.292 e. The standard InChI is InChI=1S/C11H11N3O3/c12-11-13-7-3-4-14(6-9(7)17-11)10(15)8-2-1-5-16-8/h1-2,5H,3-4,6H2,(H2,12,13). The van der Waals surface area contributed by atoms with Gasteiger partial charge in [-0.2, -0.15) is 4.98 Å². The van der Waals surface area contributed by atoms with Gasteiger partial charge in [0.05, 0.1) is 18.5 Å². The Morgan fingerprint density at radius 2 is 2.41 bits per heavy atom. The van der Waals surface area contributed by atoms with Crippen LogP contribution in [-0.4, -0.2) is 22.3 Å². The number of nitrogens with two attached hydrogens (primary N) is 1. The normalized spacial score (nSPS) is 14.7. The van der Waals surface area contributed by atoms with Crippen LogP contribution in [0.2, 0.25) is 0 Å². The molecule has 0 spiro atoms. The number of carbonyl (C=O) groups excluding carboxylic acids is 1. The summed E-state index contributed by atoms with van der Waals surface area (Å²) >= 11 is 0. The second kappa shape index (κ2) is 3.65. The molecule has 3 heterocycles. The van der Waals surface area contributed by atoms with Crippen LogP contribution in [0.15, 0.2) is 27.2 Å². The lowest BCUT2D eigenvalue weighted by atomic mass is 10.1. The zero-order valence-electron chi connectivity index (χ0n) is 9.05. The van der Waals surface area contributed by atoms with Crippen molar-refractivity contribution in [1.82, 2.24) is 9.88 Å². The Hall–Kier alpha value is -2.24. The van der Waals surface area contributed by atoms with Crippen LogP contribution in [0.4, 0.5) is 6.01 Å². The molecule has 0 bridgehead atoms. The van der Waals surface area contributed by atoms with Crippen molar-refractivity contribution < 1.29 is 13.6 Å². The number of nitrogen functional groups attached to an aromatic ring is 1. The topological polar surface area (TPSA) is 85.5 Å². The van der Waals surface area contributed by atoms with Crippen molar-refractivity contribution in [3.63, 3.8) is 0 Å². The zero-order valence-corrected chi connectivity index (χ0v) is 9.05. The van der Waals surface area contributed by atoms with Crippen LogP contribution in [0.3, 0.4) is 0 Å². The Bertz CT molecular complexity index is 544. The first-order valence-electron chi connectivity index (χ1n) is 5.31. The van der Waals surface area contributed by atoms with Gasteiger partial charge in [-0.1, -0.05) is 0 Å². The molecule has 1 amide bonds. The molecule has 0 saturated carbocycles. The highest BCUT2D eigenvalue weighted by Crippen LogP contribution is 2.22. The van der Waals surface area contributed by atoms with Crippen molar-refractivity contribution >= 4 is 11.9 Å². The van der Waals surface area contributed by atoms with Crippen LogP contribution in [0.5, 0.6) is 0 Å². The Balaban J connectivity index is 1.82. The number of oxazole rings is 1. The van der Waals surface area contributed by atoms with Gasteiger partial charge in [-0.3, -0.25) is 4.79 Å². The average Bonchev–Trinajstić information content (AvgIpc) is 2.94. The minimum absolute atomic E-state index is 0.143. The summed E-state index contributed by atoms with van der Waals surface area (Å²) in [5.41, 5.74) is 6.31. The number of hydrogen-bond donors (Lipinski definition) is 1. The quantitative estimate of drug-likeness (QED) is 0.795. The van der Waals surface area contributed by atoms with Gasteiger partial charge in [0.25, 0.3) is 11.9 Å². The molecule has 0 fully saturated rings. The molecule has 2 aromatic rings. The fraction of sp³-hybridized carbons (Fsp3) is 0.273. The lowest BCUT2D eigenvalue weighted by Crippen LogP contribution is -2.35. The van der Waals surface area contributed by atoms with Gasteiger partial charge in [0.1, 0.15) is 5.76 Å². The van der Waals surface area contributed by atoms with Crippen molar-refractivity contribution in [3.8, 4) is 0 Å². The number of furan rings is 1. The van der Waals surface area contributed by atoms with Gasteiger partial charge < -0.3 is 19.5 Å². The van der Waals surface area contributed by atoms with Crippen molar-refractivity contribution in [2.45, 2.75) is 13.0 Å². The summed E-state index contributed by atoms with van der Waals surface area (Å²) in [5, 5.41) is 0. The molecule has 0 saturated heterocycles. The lowest BCUT2D eigenvalue weighted by molar-refractivity contribution is 0.0688. The molecule has 2 aromatic heterocycles. The summed E-state index contributed by atoms with van der Waals surface area (Å²) < 4.78 is 10.3. The monoisotopic (exact) mass is 233 g/mol. The fourth-order valence-electron chi connectivity index (χ4n) is 1.94. The summed E-state index contributed by atoms with van der Waals surface area (Å²) in [6, 6.07) is 3.49. The molecule has 3 rings (SSSR count). The van der Waals surface area contributed by atoms with Gasteiger partial charge in [-0.15, -0.1) is 0 Å². The highest BCUT2D eigenvalue weighted by atomic mass is 16.4. The minimum atomic E-state index is -0.143. The summed E-state index contributed by atoms with van der Waals surface area (Å²) in [6.45, 7) is 0.984. The number of carbonyl (C=O) groups is 1. The predicted octanol–water partition coefficient (Wildman–Crippen LogP) is 1.05. The molecule has 88 valence electrons. The Kier molecular flexibility index (Phi) is 2.14. The third kappa shape index (κ3) is 1.67. The first-order chi connectivity index (χ1) is 8.24. The van der Waals surface area contributed by atoms with Gasteiger partial charge in [-0.25, -0.2) is 0 Å². The first-order valence-corrected chi connectivity index (χ1v) is 5.31. The number of anilines is 1. The van der Waals surface area contributed by atoms with Crippen LogP contribution in [0.1, 0.15) is 22.0 Å². The van der Waals surface area contributed by atoms with Crippen LogP contribution < -0.4 is 5.73 Å². The van der Waals surface area contributed by atoms with Crippen molar-refractivity contribution in [2.24, 2.45) is 0 Å². The molecule has 0 aliphatic carbocycles. The van der Waals surface area contributed by atoms with Crippen LogP contribution in [-0.2, 0) is 13.0 Å². The van der Waals surface area contributed by atoms with Gasteiger partial charge in [0.15, 0.2) is 5.76 Å². The average molecular weight is 233 g/mol. The summed E-state index contributed by atoms with van der Waals surface area (Å²) in [6.07, 6.45) is 2.14. The Morgan fingerprint density at radius 3 is 3.18 bits per heavy atom. The van der Waals surface area contributed by atoms with Crippen LogP contribution >= 0.6 is 0 Å². The second-order valence-electron chi connectivity index (χ2n) is 3.88. The number of aromatic nitrogens is 1. The van der Waals surface area contributed by atoms with E-state index in [0.717, 1.165) is 5.69 Å². The van der Waals surface area contributed by atoms with Crippen molar-refractivity contribution in [2.75, 3.05) is 12.3 Å². The third-order valence-corrected chi connectivity index (χ3v) is 2.77. The minimum Gasteiger partial charge on any atom is -0.459 e. The van der Waals surface area contributed by atoms with Gasteiger partial charge >= 0.3 is 0 Å². The molecule has 6 heteroatoms. The Labute approximate surface area is 97.0 Å². The number of amides is 1. The highest BCUT2D eigenvalue weighted by molar-refractivity contribution is 5.91. The first kappa shape index (κ1) is 9.95. The maximum Gasteiger partial charge on any atom is 0.292 e. The van der Waals surface area contributed by atoms with E-state index in [1.807, 2.05) is 0 Å². The van der Waals surface area contributed by atoms with Crippen molar-refractivity contribution in [3.05, 3.63) is 35.6 Å². The summed E-state index contributed by atoms with van der Waals surface area (Å²) in [7, 11) is 0. The van der Waals surface area contributed by atoms with Gasteiger partial charge in [-0.05, 0) is 12.1 Å². The molecule has 1 aliphatic heterocycles. The Morgan fingerprint density at radius 1 is 1.53 bits per heavy atom. The lowest BCUT2D eigenvalue weighted by Gasteiger charge is -2.24. The summed E-state index contributed by atoms with van der Waals surface area (Å²) in [4.78, 5) is 17.7. The third-order valence-electron chi connectivity index (χ3n) is 2.77.